The van der Waals surface area contributed by atoms with Gasteiger partial charge in [-0.15, -0.1) is 0 Å². The van der Waals surface area contributed by atoms with E-state index in [1.54, 1.807) is 6.20 Å². The summed E-state index contributed by atoms with van der Waals surface area (Å²) < 4.78 is 14.6. The average Bonchev–Trinajstić information content (AvgIpc) is 3.15. The van der Waals surface area contributed by atoms with Gasteiger partial charge in [0.2, 0.25) is 5.91 Å². The van der Waals surface area contributed by atoms with Gasteiger partial charge in [-0.05, 0) is 31.4 Å². The summed E-state index contributed by atoms with van der Waals surface area (Å²) >= 11 is 0. The summed E-state index contributed by atoms with van der Waals surface area (Å²) in [5.74, 6) is 0.687. The number of pyridine rings is 1. The number of H-pyrrole nitrogens is 1. The molecule has 7 nitrogen and oxygen atoms in total. The first-order valence-electron chi connectivity index (χ1n) is 10.3. The van der Waals surface area contributed by atoms with E-state index in [1.165, 1.54) is 0 Å². The number of halogens is 1. The molecule has 2 unspecified atom stereocenters. The van der Waals surface area contributed by atoms with Crippen molar-refractivity contribution in [3.05, 3.63) is 41.7 Å². The van der Waals surface area contributed by atoms with Gasteiger partial charge in [0.1, 0.15) is 17.3 Å². The molecular formula is C21H27FN6O. The summed E-state index contributed by atoms with van der Waals surface area (Å²) in [4.78, 5) is 23.8. The van der Waals surface area contributed by atoms with Crippen LogP contribution in [0.3, 0.4) is 0 Å². The van der Waals surface area contributed by atoms with Crippen molar-refractivity contribution in [3.63, 3.8) is 0 Å². The summed E-state index contributed by atoms with van der Waals surface area (Å²) in [6.45, 7) is 1.97. The molecule has 0 spiro atoms. The lowest BCUT2D eigenvalue weighted by Gasteiger charge is -2.35. The number of aromatic amines is 1. The highest BCUT2D eigenvalue weighted by molar-refractivity contribution is 6.09. The Morgan fingerprint density at radius 2 is 2.14 bits per heavy atom. The van der Waals surface area contributed by atoms with Gasteiger partial charge in [0.15, 0.2) is 5.83 Å². The van der Waals surface area contributed by atoms with Gasteiger partial charge in [-0.3, -0.25) is 9.79 Å². The number of aromatic nitrogens is 2. The highest BCUT2D eigenvalue weighted by Gasteiger charge is 2.29. The Morgan fingerprint density at radius 3 is 2.97 bits per heavy atom. The fourth-order valence-electron chi connectivity index (χ4n) is 4.04. The fourth-order valence-corrected chi connectivity index (χ4v) is 4.04. The van der Waals surface area contributed by atoms with Crippen LogP contribution in [0.15, 0.2) is 41.2 Å². The van der Waals surface area contributed by atoms with Crippen molar-refractivity contribution < 1.29 is 9.18 Å². The molecule has 1 saturated carbocycles. The van der Waals surface area contributed by atoms with Crippen LogP contribution in [-0.4, -0.2) is 40.3 Å². The lowest BCUT2D eigenvalue weighted by molar-refractivity contribution is -0.122. The Hall–Kier alpha value is -2.90. The maximum absolute atomic E-state index is 14.6. The van der Waals surface area contributed by atoms with E-state index in [4.69, 9.17) is 0 Å². The van der Waals surface area contributed by atoms with E-state index in [2.05, 4.69) is 30.9 Å². The van der Waals surface area contributed by atoms with Gasteiger partial charge < -0.3 is 20.9 Å². The number of fused-ring (bicyclic) bond motifs is 1. The summed E-state index contributed by atoms with van der Waals surface area (Å²) in [7, 11) is 0. The van der Waals surface area contributed by atoms with Crippen LogP contribution in [0.5, 0.6) is 0 Å². The van der Waals surface area contributed by atoms with Gasteiger partial charge >= 0.3 is 0 Å². The SMILES string of the molecule is CCCC(=O)NC1CCCCC1NC1=C(F)CN=C(c2c[nH]c3ncccc23)N1. The summed E-state index contributed by atoms with van der Waals surface area (Å²) in [5.41, 5.74) is 1.62. The quantitative estimate of drug-likeness (QED) is 0.602. The van der Waals surface area contributed by atoms with E-state index in [0.717, 1.165) is 48.7 Å². The topological polar surface area (TPSA) is 94.2 Å². The smallest absolute Gasteiger partial charge is 0.220 e. The van der Waals surface area contributed by atoms with E-state index in [-0.39, 0.29) is 30.4 Å². The molecule has 2 aromatic rings. The predicted octanol–water partition coefficient (Wildman–Crippen LogP) is 2.87. The number of rotatable bonds is 6. The van der Waals surface area contributed by atoms with Crippen molar-refractivity contribution in [3.8, 4) is 0 Å². The van der Waals surface area contributed by atoms with Crippen molar-refractivity contribution in [2.75, 3.05) is 6.54 Å². The average molecular weight is 398 g/mol. The summed E-state index contributed by atoms with van der Waals surface area (Å²) in [5, 5.41) is 10.5. The number of nitrogens with one attached hydrogen (secondary N) is 4. The zero-order chi connectivity index (χ0) is 20.2. The number of aliphatic imine (C=N–C) groups is 1. The molecule has 2 aliphatic rings. The third kappa shape index (κ3) is 4.26. The molecule has 4 rings (SSSR count). The maximum Gasteiger partial charge on any atom is 0.220 e. The van der Waals surface area contributed by atoms with Gasteiger partial charge in [0, 0.05) is 41.8 Å². The minimum atomic E-state index is -0.323. The Bertz CT molecular complexity index is 950. The minimum absolute atomic E-state index is 0.00417. The lowest BCUT2D eigenvalue weighted by Crippen LogP contribution is -2.53. The molecule has 2 aromatic heterocycles. The van der Waals surface area contributed by atoms with Crippen molar-refractivity contribution in [1.82, 2.24) is 25.9 Å². The van der Waals surface area contributed by atoms with E-state index in [9.17, 15) is 9.18 Å². The molecule has 0 bridgehead atoms. The van der Waals surface area contributed by atoms with Gasteiger partial charge in [-0.2, -0.15) is 0 Å². The Kier molecular flexibility index (Phi) is 5.78. The molecule has 4 N–H and O–H groups in total. The number of nitrogens with zero attached hydrogens (tertiary/aromatic N) is 2. The third-order valence-electron chi connectivity index (χ3n) is 5.52. The lowest BCUT2D eigenvalue weighted by atomic mass is 9.90. The first-order valence-corrected chi connectivity index (χ1v) is 10.3. The molecule has 2 atom stereocenters. The molecular weight excluding hydrogens is 371 g/mol. The van der Waals surface area contributed by atoms with Crippen LogP contribution in [0.2, 0.25) is 0 Å². The number of hydrogen-bond acceptors (Lipinski definition) is 5. The Labute approximate surface area is 169 Å². The molecule has 0 radical (unpaired) electrons. The second-order valence-electron chi connectivity index (χ2n) is 7.63. The molecule has 154 valence electrons. The molecule has 1 amide bonds. The minimum Gasteiger partial charge on any atom is -0.365 e. The van der Waals surface area contributed by atoms with Crippen LogP contribution in [0.4, 0.5) is 4.39 Å². The molecule has 0 aromatic carbocycles. The zero-order valence-electron chi connectivity index (χ0n) is 16.6. The van der Waals surface area contributed by atoms with Crippen LogP contribution in [0.25, 0.3) is 11.0 Å². The largest absolute Gasteiger partial charge is 0.365 e. The first-order chi connectivity index (χ1) is 14.2. The molecule has 0 saturated heterocycles. The second kappa shape index (κ2) is 8.63. The van der Waals surface area contributed by atoms with E-state index in [0.29, 0.717) is 18.1 Å². The molecule has 1 aliphatic carbocycles. The number of amidine groups is 1. The van der Waals surface area contributed by atoms with E-state index >= 15 is 0 Å². The van der Waals surface area contributed by atoms with Crippen LogP contribution in [0.1, 0.15) is 51.0 Å². The van der Waals surface area contributed by atoms with Gasteiger partial charge in [0.25, 0.3) is 0 Å². The highest BCUT2D eigenvalue weighted by atomic mass is 19.1. The van der Waals surface area contributed by atoms with E-state index < -0.39 is 0 Å². The van der Waals surface area contributed by atoms with E-state index in [1.807, 2.05) is 25.3 Å². The maximum atomic E-state index is 14.6. The predicted molar refractivity (Wildman–Crippen MR) is 111 cm³/mol. The molecule has 1 aliphatic heterocycles. The van der Waals surface area contributed by atoms with Crippen LogP contribution < -0.4 is 16.0 Å². The first kappa shape index (κ1) is 19.4. The van der Waals surface area contributed by atoms with Crippen LogP contribution >= 0.6 is 0 Å². The molecule has 1 fully saturated rings. The number of carbonyl (C=O) groups excluding carboxylic acids is 1. The normalized spacial score (nSPS) is 22.2. The second-order valence-corrected chi connectivity index (χ2v) is 7.63. The molecule has 3 heterocycles. The summed E-state index contributed by atoms with van der Waals surface area (Å²) in [6, 6.07) is 3.82. The zero-order valence-corrected chi connectivity index (χ0v) is 16.6. The van der Waals surface area contributed by atoms with Gasteiger partial charge in [-0.1, -0.05) is 19.8 Å². The standard InChI is InChI=1S/C21H27FN6O/c1-2-6-18(29)26-16-8-3-4-9-17(16)27-21-15(22)12-25-20(28-21)14-11-24-19-13(14)7-5-10-23-19/h5,7,10-11,16-17,27H,2-4,6,8-9,12H2,1H3,(H,23,24)(H,25,28)(H,26,29). The van der Waals surface area contributed by atoms with Crippen molar-refractivity contribution in [2.45, 2.75) is 57.5 Å². The molecule has 29 heavy (non-hydrogen) atoms. The summed E-state index contributed by atoms with van der Waals surface area (Å²) in [6.07, 6.45) is 8.80. The number of amides is 1. The number of carbonyl (C=O) groups is 1. The molecule has 8 heteroatoms. The van der Waals surface area contributed by atoms with Crippen molar-refractivity contribution >= 4 is 22.8 Å². The van der Waals surface area contributed by atoms with Crippen LogP contribution in [0, 0.1) is 0 Å². The Balaban J connectivity index is 1.48. The van der Waals surface area contributed by atoms with Crippen molar-refractivity contribution in [1.29, 1.82) is 0 Å². The monoisotopic (exact) mass is 398 g/mol. The van der Waals surface area contributed by atoms with Crippen molar-refractivity contribution in [2.24, 2.45) is 4.99 Å². The fraction of sp³-hybridized carbons (Fsp3) is 0.476. The Morgan fingerprint density at radius 1 is 1.31 bits per heavy atom. The third-order valence-corrected chi connectivity index (χ3v) is 5.52. The van der Waals surface area contributed by atoms with Crippen LogP contribution in [-0.2, 0) is 4.79 Å². The number of hydrogen-bond donors (Lipinski definition) is 4. The van der Waals surface area contributed by atoms with Gasteiger partial charge in [0.05, 0.1) is 6.54 Å². The highest BCUT2D eigenvalue weighted by Crippen LogP contribution is 2.22. The van der Waals surface area contributed by atoms with Gasteiger partial charge in [-0.25, -0.2) is 9.37 Å².